The van der Waals surface area contributed by atoms with Gasteiger partial charge in [0.15, 0.2) is 0 Å². The van der Waals surface area contributed by atoms with Crippen LogP contribution in [0.2, 0.25) is 0 Å². The fraction of sp³-hybridized carbons (Fsp3) is 0.154. The van der Waals surface area contributed by atoms with Crippen molar-refractivity contribution in [2.45, 2.75) is 13.8 Å². The third-order valence-electron chi connectivity index (χ3n) is 2.34. The van der Waals surface area contributed by atoms with Crippen LogP contribution >= 0.6 is 12.2 Å². The second-order valence-electron chi connectivity index (χ2n) is 3.92. The van der Waals surface area contributed by atoms with Gasteiger partial charge in [-0.15, -0.1) is 0 Å². The lowest BCUT2D eigenvalue weighted by Gasteiger charge is -2.09. The van der Waals surface area contributed by atoms with Gasteiger partial charge in [-0.25, -0.2) is 4.98 Å². The van der Waals surface area contributed by atoms with E-state index in [4.69, 9.17) is 22.7 Å². The van der Waals surface area contributed by atoms with Crippen LogP contribution in [0.5, 0.6) is 11.6 Å². The normalized spacial score (nSPS) is 10.1. The Morgan fingerprint density at radius 2 is 2.11 bits per heavy atom. The van der Waals surface area contributed by atoms with E-state index in [0.717, 1.165) is 5.56 Å². The largest absolute Gasteiger partial charge is 0.438 e. The van der Waals surface area contributed by atoms with Crippen LogP contribution in [0.3, 0.4) is 0 Å². The minimum absolute atomic E-state index is 0.220. The number of aromatic nitrogens is 2. The Labute approximate surface area is 111 Å². The summed E-state index contributed by atoms with van der Waals surface area (Å²) in [6.07, 6.45) is 1.58. The van der Waals surface area contributed by atoms with Gasteiger partial charge in [0.05, 0.1) is 5.56 Å². The first kappa shape index (κ1) is 12.4. The molecule has 0 aliphatic carbocycles. The van der Waals surface area contributed by atoms with E-state index in [1.807, 2.05) is 31.2 Å². The second kappa shape index (κ2) is 5.10. The SMILES string of the molecule is Cc1cccc(Oc2nc(C)ncc2C(N)=S)c1. The average molecular weight is 259 g/mol. The van der Waals surface area contributed by atoms with Crippen molar-refractivity contribution in [1.82, 2.24) is 9.97 Å². The highest BCUT2D eigenvalue weighted by Crippen LogP contribution is 2.23. The number of benzene rings is 1. The molecule has 0 unspecified atom stereocenters. The van der Waals surface area contributed by atoms with Gasteiger partial charge in [0.25, 0.3) is 0 Å². The number of hydrogen-bond acceptors (Lipinski definition) is 4. The Bertz CT molecular complexity index is 599. The lowest BCUT2D eigenvalue weighted by atomic mass is 10.2. The van der Waals surface area contributed by atoms with Gasteiger partial charge in [-0.05, 0) is 31.5 Å². The fourth-order valence-corrected chi connectivity index (χ4v) is 1.63. The van der Waals surface area contributed by atoms with E-state index in [9.17, 15) is 0 Å². The summed E-state index contributed by atoms with van der Waals surface area (Å²) in [4.78, 5) is 8.50. The van der Waals surface area contributed by atoms with E-state index in [1.54, 1.807) is 13.1 Å². The number of hydrogen-bond donors (Lipinski definition) is 1. The third-order valence-corrected chi connectivity index (χ3v) is 2.56. The predicted molar refractivity (Wildman–Crippen MR) is 73.9 cm³/mol. The molecule has 2 N–H and O–H groups in total. The molecule has 2 aromatic rings. The van der Waals surface area contributed by atoms with Crippen LogP contribution < -0.4 is 10.5 Å². The van der Waals surface area contributed by atoms with Crippen LogP contribution in [0.25, 0.3) is 0 Å². The van der Waals surface area contributed by atoms with Crippen LogP contribution in [0, 0.1) is 13.8 Å². The first-order chi connectivity index (χ1) is 8.56. The first-order valence-corrected chi connectivity index (χ1v) is 5.85. The van der Waals surface area contributed by atoms with Gasteiger partial charge in [0.2, 0.25) is 5.88 Å². The molecule has 18 heavy (non-hydrogen) atoms. The van der Waals surface area contributed by atoms with Crippen molar-refractivity contribution in [2.24, 2.45) is 5.73 Å². The van der Waals surface area contributed by atoms with Crippen LogP contribution in [-0.4, -0.2) is 15.0 Å². The summed E-state index contributed by atoms with van der Waals surface area (Å²) < 4.78 is 5.71. The molecular weight excluding hydrogens is 246 g/mol. The van der Waals surface area contributed by atoms with Crippen molar-refractivity contribution in [3.63, 3.8) is 0 Å². The Hall–Kier alpha value is -2.01. The van der Waals surface area contributed by atoms with Gasteiger partial charge >= 0.3 is 0 Å². The zero-order valence-electron chi connectivity index (χ0n) is 10.2. The van der Waals surface area contributed by atoms with Gasteiger partial charge in [0, 0.05) is 6.20 Å². The smallest absolute Gasteiger partial charge is 0.232 e. The van der Waals surface area contributed by atoms with E-state index >= 15 is 0 Å². The maximum absolute atomic E-state index is 5.71. The molecule has 0 amide bonds. The Balaban J connectivity index is 2.39. The summed E-state index contributed by atoms with van der Waals surface area (Å²) in [5.74, 6) is 1.70. The van der Waals surface area contributed by atoms with Crippen molar-refractivity contribution in [2.75, 3.05) is 0 Å². The fourth-order valence-electron chi connectivity index (χ4n) is 1.49. The van der Waals surface area contributed by atoms with Crippen LogP contribution in [0.4, 0.5) is 0 Å². The Morgan fingerprint density at radius 1 is 1.33 bits per heavy atom. The van der Waals surface area contributed by atoms with Crippen LogP contribution in [0.15, 0.2) is 30.5 Å². The quantitative estimate of drug-likeness (QED) is 0.858. The maximum atomic E-state index is 5.71. The molecule has 0 atom stereocenters. The number of nitrogens with two attached hydrogens (primary N) is 1. The molecule has 1 aromatic heterocycles. The Morgan fingerprint density at radius 3 is 2.78 bits per heavy atom. The molecule has 1 heterocycles. The summed E-state index contributed by atoms with van der Waals surface area (Å²) in [7, 11) is 0. The van der Waals surface area contributed by atoms with Gasteiger partial charge in [0.1, 0.15) is 16.6 Å². The molecule has 0 radical (unpaired) electrons. The summed E-state index contributed by atoms with van der Waals surface area (Å²) in [5.41, 5.74) is 7.27. The molecule has 2 rings (SSSR count). The molecule has 0 saturated heterocycles. The number of rotatable bonds is 3. The second-order valence-corrected chi connectivity index (χ2v) is 4.36. The van der Waals surface area contributed by atoms with E-state index in [2.05, 4.69) is 9.97 Å². The predicted octanol–water partition coefficient (Wildman–Crippen LogP) is 2.52. The molecule has 4 nitrogen and oxygen atoms in total. The van der Waals surface area contributed by atoms with Crippen molar-refractivity contribution in [3.05, 3.63) is 47.4 Å². The highest BCUT2D eigenvalue weighted by atomic mass is 32.1. The first-order valence-electron chi connectivity index (χ1n) is 5.44. The molecule has 0 aliphatic rings. The highest BCUT2D eigenvalue weighted by molar-refractivity contribution is 7.80. The summed E-state index contributed by atoms with van der Waals surface area (Å²) in [6.45, 7) is 3.78. The van der Waals surface area contributed by atoms with Crippen molar-refractivity contribution in [3.8, 4) is 11.6 Å². The van der Waals surface area contributed by atoms with Crippen molar-refractivity contribution < 1.29 is 4.74 Å². The average Bonchev–Trinajstić information content (AvgIpc) is 2.28. The zero-order chi connectivity index (χ0) is 13.1. The summed E-state index contributed by atoms with van der Waals surface area (Å²) in [6, 6.07) is 7.68. The van der Waals surface area contributed by atoms with Gasteiger partial charge in [-0.1, -0.05) is 24.4 Å². The molecule has 5 heteroatoms. The monoisotopic (exact) mass is 259 g/mol. The number of ether oxygens (including phenoxy) is 1. The van der Waals surface area contributed by atoms with E-state index in [1.165, 1.54) is 0 Å². The van der Waals surface area contributed by atoms with Crippen molar-refractivity contribution >= 4 is 17.2 Å². The standard InChI is InChI=1S/C13H13N3OS/c1-8-4-3-5-10(6-8)17-13-11(12(14)18)7-15-9(2)16-13/h3-7H,1-2H3,(H2,14,18). The summed E-state index contributed by atoms with van der Waals surface area (Å²) in [5, 5.41) is 0. The lowest BCUT2D eigenvalue weighted by Crippen LogP contribution is -2.12. The van der Waals surface area contributed by atoms with Gasteiger partial charge in [-0.3, -0.25) is 0 Å². The molecule has 1 aromatic carbocycles. The number of thiocarbonyl (C=S) groups is 1. The molecule has 92 valence electrons. The maximum Gasteiger partial charge on any atom is 0.232 e. The molecule has 0 saturated carbocycles. The Kier molecular flexibility index (Phi) is 3.53. The van der Waals surface area contributed by atoms with Crippen molar-refractivity contribution in [1.29, 1.82) is 0 Å². The van der Waals surface area contributed by atoms with Crippen LogP contribution in [0.1, 0.15) is 17.0 Å². The van der Waals surface area contributed by atoms with E-state index < -0.39 is 0 Å². The van der Waals surface area contributed by atoms with Gasteiger partial charge < -0.3 is 10.5 Å². The van der Waals surface area contributed by atoms with E-state index in [-0.39, 0.29) is 4.99 Å². The molecule has 0 fully saturated rings. The summed E-state index contributed by atoms with van der Waals surface area (Å²) >= 11 is 4.95. The lowest BCUT2D eigenvalue weighted by molar-refractivity contribution is 0.458. The third kappa shape index (κ3) is 2.81. The van der Waals surface area contributed by atoms with Gasteiger partial charge in [-0.2, -0.15) is 4.98 Å². The molecular formula is C13H13N3OS. The minimum atomic E-state index is 0.220. The molecule has 0 bridgehead atoms. The number of aryl methyl sites for hydroxylation is 2. The van der Waals surface area contributed by atoms with Crippen LogP contribution in [-0.2, 0) is 0 Å². The number of nitrogens with zero attached hydrogens (tertiary/aromatic N) is 2. The highest BCUT2D eigenvalue weighted by Gasteiger charge is 2.10. The molecule has 0 aliphatic heterocycles. The minimum Gasteiger partial charge on any atom is -0.438 e. The molecule has 0 spiro atoms. The topological polar surface area (TPSA) is 61.0 Å². The zero-order valence-corrected chi connectivity index (χ0v) is 11.0. The van der Waals surface area contributed by atoms with E-state index in [0.29, 0.717) is 23.0 Å².